The Bertz CT molecular complexity index is 299. The van der Waals surface area contributed by atoms with Gasteiger partial charge in [0.05, 0.1) is 11.6 Å². The molecule has 13 heavy (non-hydrogen) atoms. The molecule has 0 fully saturated rings. The summed E-state index contributed by atoms with van der Waals surface area (Å²) in [5.74, 6) is 0.894. The van der Waals surface area contributed by atoms with Gasteiger partial charge in [0.25, 0.3) is 0 Å². The van der Waals surface area contributed by atoms with Crippen LogP contribution in [0.15, 0.2) is 16.6 Å². The first-order valence-corrected chi connectivity index (χ1v) is 4.96. The maximum absolute atomic E-state index is 5.24. The molecule has 1 rings (SSSR count). The second-order valence-electron chi connectivity index (χ2n) is 2.96. The Morgan fingerprint density at radius 2 is 2.15 bits per heavy atom. The highest BCUT2D eigenvalue weighted by atomic mass is 79.9. The summed E-state index contributed by atoms with van der Waals surface area (Å²) in [6.45, 7) is 2.93. The highest BCUT2D eigenvalue weighted by Gasteiger charge is 2.04. The van der Waals surface area contributed by atoms with Crippen molar-refractivity contribution in [3.8, 4) is 5.75 Å². The first-order valence-electron chi connectivity index (χ1n) is 4.16. The van der Waals surface area contributed by atoms with Crippen LogP contribution in [0.2, 0.25) is 0 Å². The topological polar surface area (TPSA) is 21.3 Å². The largest absolute Gasteiger partial charge is 0.496 e. The van der Waals surface area contributed by atoms with Crippen molar-refractivity contribution in [2.45, 2.75) is 13.5 Å². The summed E-state index contributed by atoms with van der Waals surface area (Å²) >= 11 is 3.48. The molecule has 2 nitrogen and oxygen atoms in total. The van der Waals surface area contributed by atoms with Gasteiger partial charge in [0.2, 0.25) is 0 Å². The van der Waals surface area contributed by atoms with Gasteiger partial charge in [-0.3, -0.25) is 0 Å². The van der Waals surface area contributed by atoms with Crippen LogP contribution in [0.4, 0.5) is 0 Å². The normalized spacial score (nSPS) is 10.2. The Morgan fingerprint density at radius 1 is 1.46 bits per heavy atom. The van der Waals surface area contributed by atoms with Crippen LogP contribution in [-0.4, -0.2) is 14.2 Å². The van der Waals surface area contributed by atoms with Crippen LogP contribution < -0.4 is 10.1 Å². The smallest absolute Gasteiger partial charge is 0.133 e. The summed E-state index contributed by atoms with van der Waals surface area (Å²) in [6, 6.07) is 4.18. The van der Waals surface area contributed by atoms with E-state index in [4.69, 9.17) is 4.74 Å². The van der Waals surface area contributed by atoms with E-state index in [1.807, 2.05) is 13.1 Å². The van der Waals surface area contributed by atoms with Crippen molar-refractivity contribution >= 4 is 15.9 Å². The van der Waals surface area contributed by atoms with Crippen LogP contribution >= 0.6 is 15.9 Å². The number of hydrogen-bond donors (Lipinski definition) is 1. The van der Waals surface area contributed by atoms with Gasteiger partial charge in [-0.05, 0) is 47.1 Å². The summed E-state index contributed by atoms with van der Waals surface area (Å²) in [7, 11) is 3.62. The molecule has 0 atom stereocenters. The van der Waals surface area contributed by atoms with Gasteiger partial charge in [-0.2, -0.15) is 0 Å². The van der Waals surface area contributed by atoms with Crippen molar-refractivity contribution in [2.75, 3.05) is 14.2 Å². The molecular weight excluding hydrogens is 230 g/mol. The fourth-order valence-corrected chi connectivity index (χ4v) is 1.65. The third kappa shape index (κ3) is 2.45. The lowest BCUT2D eigenvalue weighted by Crippen LogP contribution is -2.05. The van der Waals surface area contributed by atoms with Crippen LogP contribution in [0, 0.1) is 6.92 Å². The minimum absolute atomic E-state index is 0.866. The van der Waals surface area contributed by atoms with Crippen LogP contribution in [0.3, 0.4) is 0 Å². The standard InChI is InChI=1S/C10H14BrNO/c1-7-4-8(6-12-2)5-9(13-3)10(7)11/h4-5,12H,6H2,1-3H3. The lowest BCUT2D eigenvalue weighted by molar-refractivity contribution is 0.411. The van der Waals surface area contributed by atoms with E-state index in [9.17, 15) is 0 Å². The molecule has 0 aliphatic carbocycles. The zero-order valence-electron chi connectivity index (χ0n) is 8.15. The predicted octanol–water partition coefficient (Wildman–Crippen LogP) is 2.49. The highest BCUT2D eigenvalue weighted by Crippen LogP contribution is 2.29. The van der Waals surface area contributed by atoms with Crippen molar-refractivity contribution in [3.63, 3.8) is 0 Å². The Hall–Kier alpha value is -0.540. The minimum atomic E-state index is 0.866. The van der Waals surface area contributed by atoms with Crippen LogP contribution in [0.5, 0.6) is 5.75 Å². The van der Waals surface area contributed by atoms with Gasteiger partial charge in [-0.25, -0.2) is 0 Å². The van der Waals surface area contributed by atoms with Crippen molar-refractivity contribution in [1.82, 2.24) is 5.32 Å². The van der Waals surface area contributed by atoms with Gasteiger partial charge in [0.15, 0.2) is 0 Å². The molecule has 0 unspecified atom stereocenters. The van der Waals surface area contributed by atoms with Crippen molar-refractivity contribution in [3.05, 3.63) is 27.7 Å². The van der Waals surface area contributed by atoms with Crippen LogP contribution in [-0.2, 0) is 6.54 Å². The van der Waals surface area contributed by atoms with Crippen LogP contribution in [0.25, 0.3) is 0 Å². The molecule has 1 N–H and O–H groups in total. The lowest BCUT2D eigenvalue weighted by atomic mass is 10.1. The third-order valence-corrected chi connectivity index (χ3v) is 2.90. The first-order chi connectivity index (χ1) is 6.19. The van der Waals surface area contributed by atoms with Crippen molar-refractivity contribution < 1.29 is 4.74 Å². The number of aryl methyl sites for hydroxylation is 1. The van der Waals surface area contributed by atoms with Gasteiger partial charge in [0.1, 0.15) is 5.75 Å². The molecule has 0 saturated carbocycles. The van der Waals surface area contributed by atoms with Gasteiger partial charge < -0.3 is 10.1 Å². The second kappa shape index (κ2) is 4.63. The Labute approximate surface area is 87.4 Å². The fourth-order valence-electron chi connectivity index (χ4n) is 1.26. The van der Waals surface area contributed by atoms with Gasteiger partial charge >= 0.3 is 0 Å². The molecule has 1 aromatic carbocycles. The maximum Gasteiger partial charge on any atom is 0.133 e. The number of ether oxygens (including phenoxy) is 1. The van der Waals surface area contributed by atoms with E-state index in [1.165, 1.54) is 11.1 Å². The maximum atomic E-state index is 5.24. The molecule has 72 valence electrons. The van der Waals surface area contributed by atoms with E-state index < -0.39 is 0 Å². The van der Waals surface area contributed by atoms with Crippen molar-refractivity contribution in [1.29, 1.82) is 0 Å². The molecule has 0 spiro atoms. The summed E-state index contributed by atoms with van der Waals surface area (Å²) in [5.41, 5.74) is 2.43. The third-order valence-electron chi connectivity index (χ3n) is 1.88. The number of hydrogen-bond acceptors (Lipinski definition) is 2. The van der Waals surface area contributed by atoms with E-state index in [0.717, 1.165) is 16.8 Å². The molecule has 0 saturated heterocycles. The van der Waals surface area contributed by atoms with Gasteiger partial charge in [-0.1, -0.05) is 6.07 Å². The number of benzene rings is 1. The van der Waals surface area contributed by atoms with E-state index in [1.54, 1.807) is 7.11 Å². The minimum Gasteiger partial charge on any atom is -0.496 e. The molecule has 0 aromatic heterocycles. The molecule has 0 aliphatic heterocycles. The fraction of sp³-hybridized carbons (Fsp3) is 0.400. The average Bonchev–Trinajstić information content (AvgIpc) is 2.11. The number of rotatable bonds is 3. The molecule has 0 amide bonds. The van der Waals surface area contributed by atoms with E-state index >= 15 is 0 Å². The van der Waals surface area contributed by atoms with E-state index in [0.29, 0.717) is 0 Å². The molecule has 1 aromatic rings. The first kappa shape index (κ1) is 10.5. The Kier molecular flexibility index (Phi) is 3.75. The molecular formula is C10H14BrNO. The summed E-state index contributed by atoms with van der Waals surface area (Å²) in [6.07, 6.45) is 0. The lowest BCUT2D eigenvalue weighted by Gasteiger charge is -2.09. The number of halogens is 1. The highest BCUT2D eigenvalue weighted by molar-refractivity contribution is 9.10. The quantitative estimate of drug-likeness (QED) is 0.881. The summed E-state index contributed by atoms with van der Waals surface area (Å²) in [5, 5.41) is 3.11. The number of nitrogens with one attached hydrogen (secondary N) is 1. The van der Waals surface area contributed by atoms with Crippen molar-refractivity contribution in [2.24, 2.45) is 0 Å². The van der Waals surface area contributed by atoms with Crippen LogP contribution in [0.1, 0.15) is 11.1 Å². The SMILES string of the molecule is CNCc1cc(C)c(Br)c(OC)c1. The summed E-state index contributed by atoms with van der Waals surface area (Å²) in [4.78, 5) is 0. The van der Waals surface area contributed by atoms with Gasteiger partial charge in [-0.15, -0.1) is 0 Å². The Balaban J connectivity index is 3.06. The molecule has 0 aliphatic rings. The zero-order chi connectivity index (χ0) is 9.84. The molecule has 3 heteroatoms. The second-order valence-corrected chi connectivity index (χ2v) is 3.75. The van der Waals surface area contributed by atoms with Gasteiger partial charge in [0, 0.05) is 6.54 Å². The molecule has 0 heterocycles. The summed E-state index contributed by atoms with van der Waals surface area (Å²) < 4.78 is 6.28. The Morgan fingerprint density at radius 3 is 2.69 bits per heavy atom. The monoisotopic (exact) mass is 243 g/mol. The van der Waals surface area contributed by atoms with E-state index in [2.05, 4.69) is 34.2 Å². The molecule has 0 bridgehead atoms. The molecule has 0 radical (unpaired) electrons. The number of methoxy groups -OCH3 is 1. The zero-order valence-corrected chi connectivity index (χ0v) is 9.73. The average molecular weight is 244 g/mol. The van der Waals surface area contributed by atoms with E-state index in [-0.39, 0.29) is 0 Å². The predicted molar refractivity (Wildman–Crippen MR) is 58.2 cm³/mol.